The molecule has 1 atom stereocenters. The molecule has 1 aromatic heterocycles. The van der Waals surface area contributed by atoms with Crippen LogP contribution >= 0.6 is 18.9 Å². The fourth-order valence-electron chi connectivity index (χ4n) is 2.74. The Hall–Kier alpha value is -2.65. The number of carbonyl (C=O) groups is 1. The molecule has 0 spiro atoms. The summed E-state index contributed by atoms with van der Waals surface area (Å²) in [6.07, 6.45) is 0. The molecular formula is C18H19N2O7PS. The fraction of sp³-hybridized carbons (Fsp3) is 0.222. The van der Waals surface area contributed by atoms with Crippen LogP contribution in [0.4, 0.5) is 5.13 Å². The Bertz CT molecular complexity index is 1090. The normalized spacial score (nSPS) is 12.7. The van der Waals surface area contributed by atoms with Crippen molar-refractivity contribution in [3.05, 3.63) is 47.5 Å². The second-order valence-corrected chi connectivity index (χ2v) is 9.24. The van der Waals surface area contributed by atoms with E-state index in [9.17, 15) is 19.6 Å². The quantitative estimate of drug-likeness (QED) is 0.441. The van der Waals surface area contributed by atoms with Crippen molar-refractivity contribution in [1.82, 2.24) is 4.98 Å². The zero-order valence-electron chi connectivity index (χ0n) is 15.8. The number of fused-ring (bicyclic) bond motifs is 1. The van der Waals surface area contributed by atoms with Gasteiger partial charge >= 0.3 is 13.6 Å². The van der Waals surface area contributed by atoms with Crippen LogP contribution in [0.1, 0.15) is 21.7 Å². The minimum absolute atomic E-state index is 0.295. The number of aromatic hydroxyl groups is 1. The molecule has 0 bridgehead atoms. The number of hydrogen-bond acceptors (Lipinski definition) is 9. The summed E-state index contributed by atoms with van der Waals surface area (Å²) in [6.45, 7) is 0. The van der Waals surface area contributed by atoms with Gasteiger partial charge < -0.3 is 29.3 Å². The second kappa shape index (κ2) is 8.38. The molecule has 9 nitrogen and oxygen atoms in total. The van der Waals surface area contributed by atoms with E-state index in [-0.39, 0.29) is 5.56 Å². The van der Waals surface area contributed by atoms with Gasteiger partial charge in [0.05, 0.1) is 17.3 Å². The number of aromatic carboxylic acids is 1. The van der Waals surface area contributed by atoms with E-state index in [1.807, 2.05) is 6.07 Å². The van der Waals surface area contributed by atoms with Crippen molar-refractivity contribution in [2.45, 2.75) is 5.78 Å². The van der Waals surface area contributed by atoms with Crippen LogP contribution < -0.4 is 10.1 Å². The van der Waals surface area contributed by atoms with Crippen LogP contribution in [0.5, 0.6) is 11.5 Å². The van der Waals surface area contributed by atoms with Crippen LogP contribution in [0, 0.1) is 0 Å². The maximum atomic E-state index is 13.2. The highest BCUT2D eigenvalue weighted by atomic mass is 32.1. The van der Waals surface area contributed by atoms with Gasteiger partial charge in [-0.2, -0.15) is 0 Å². The zero-order valence-corrected chi connectivity index (χ0v) is 17.5. The summed E-state index contributed by atoms with van der Waals surface area (Å²) in [5, 5.41) is 22.5. The van der Waals surface area contributed by atoms with Gasteiger partial charge in [0.1, 0.15) is 17.1 Å². The first-order valence-electron chi connectivity index (χ1n) is 8.30. The minimum atomic E-state index is -3.75. The molecule has 3 aromatic rings. The maximum Gasteiger partial charge on any atom is 0.356 e. The number of phenols is 1. The van der Waals surface area contributed by atoms with Crippen LogP contribution in [0.2, 0.25) is 0 Å². The SMILES string of the molecule is COc1ccc2nc(NC(c3ccc(O)c(C(=O)O)c3)P(=O)(OC)OC)sc2c1. The molecule has 2 aromatic carbocycles. The number of benzene rings is 2. The van der Waals surface area contributed by atoms with E-state index in [2.05, 4.69) is 10.3 Å². The number of carboxylic acid groups (broad SMARTS) is 1. The number of nitrogens with zero attached hydrogens (tertiary/aromatic N) is 1. The van der Waals surface area contributed by atoms with Crippen LogP contribution in [0.3, 0.4) is 0 Å². The predicted molar refractivity (Wildman–Crippen MR) is 109 cm³/mol. The van der Waals surface area contributed by atoms with Crippen molar-refractivity contribution in [1.29, 1.82) is 0 Å². The van der Waals surface area contributed by atoms with Gasteiger partial charge in [-0.05, 0) is 35.9 Å². The molecule has 1 heterocycles. The first kappa shape index (κ1) is 21.1. The number of nitrogens with one attached hydrogen (secondary N) is 1. The van der Waals surface area contributed by atoms with E-state index in [0.29, 0.717) is 22.0 Å². The molecule has 0 amide bonds. The number of rotatable bonds is 8. The Morgan fingerprint density at radius 2 is 1.90 bits per heavy atom. The Labute approximate surface area is 170 Å². The standard InChI is InChI=1S/C18H19N2O7PS/c1-25-11-5-6-13-15(9-11)29-18(19-13)20-16(28(24,26-2)27-3)10-4-7-14(21)12(8-10)17(22)23/h4-9,16,21H,1-3H3,(H,19,20)(H,22,23). The van der Waals surface area contributed by atoms with Crippen molar-refractivity contribution in [3.63, 3.8) is 0 Å². The summed E-state index contributed by atoms with van der Waals surface area (Å²) >= 11 is 1.30. The molecule has 1 unspecified atom stereocenters. The van der Waals surface area contributed by atoms with Gasteiger partial charge in [-0.25, -0.2) is 9.78 Å². The zero-order chi connectivity index (χ0) is 21.2. The summed E-state index contributed by atoms with van der Waals surface area (Å²) in [5.41, 5.74) is 0.671. The second-order valence-electron chi connectivity index (χ2n) is 5.89. The van der Waals surface area contributed by atoms with Crippen molar-refractivity contribution in [3.8, 4) is 11.5 Å². The minimum Gasteiger partial charge on any atom is -0.507 e. The van der Waals surface area contributed by atoms with Gasteiger partial charge in [0.15, 0.2) is 10.9 Å². The molecule has 0 radical (unpaired) electrons. The molecule has 0 saturated heterocycles. The van der Waals surface area contributed by atoms with Gasteiger partial charge in [-0.3, -0.25) is 4.57 Å². The van der Waals surface area contributed by atoms with E-state index in [1.54, 1.807) is 19.2 Å². The van der Waals surface area contributed by atoms with Crippen molar-refractivity contribution in [2.24, 2.45) is 0 Å². The first-order valence-corrected chi connectivity index (χ1v) is 10.7. The van der Waals surface area contributed by atoms with Crippen LogP contribution in [-0.2, 0) is 13.6 Å². The number of thiazole rings is 1. The maximum absolute atomic E-state index is 13.2. The van der Waals surface area contributed by atoms with Crippen LogP contribution in [0.15, 0.2) is 36.4 Å². The summed E-state index contributed by atoms with van der Waals surface area (Å²) in [4.78, 5) is 15.9. The summed E-state index contributed by atoms with van der Waals surface area (Å²) in [5.74, 6) is -2.11. The fourth-order valence-corrected chi connectivity index (χ4v) is 5.12. The van der Waals surface area contributed by atoms with Gasteiger partial charge in [-0.15, -0.1) is 0 Å². The highest BCUT2D eigenvalue weighted by Gasteiger charge is 2.37. The van der Waals surface area contributed by atoms with E-state index >= 15 is 0 Å². The van der Waals surface area contributed by atoms with Crippen molar-refractivity contribution < 1.29 is 33.4 Å². The Morgan fingerprint density at radius 3 is 2.52 bits per heavy atom. The molecule has 0 aliphatic carbocycles. The lowest BCUT2D eigenvalue weighted by Gasteiger charge is -2.25. The topological polar surface area (TPSA) is 127 Å². The molecule has 3 rings (SSSR count). The molecule has 0 saturated carbocycles. The number of anilines is 1. The molecular weight excluding hydrogens is 419 g/mol. The van der Waals surface area contributed by atoms with E-state index in [1.165, 1.54) is 43.8 Å². The predicted octanol–water partition coefficient (Wildman–Crippen LogP) is 4.31. The van der Waals surface area contributed by atoms with E-state index < -0.39 is 25.1 Å². The van der Waals surface area contributed by atoms with Gasteiger partial charge in [0, 0.05) is 14.2 Å². The number of methoxy groups -OCH3 is 1. The third kappa shape index (κ3) is 4.20. The smallest absolute Gasteiger partial charge is 0.356 e. The molecule has 0 fully saturated rings. The monoisotopic (exact) mass is 438 g/mol. The highest BCUT2D eigenvalue weighted by molar-refractivity contribution is 7.54. The summed E-state index contributed by atoms with van der Waals surface area (Å²) in [7, 11) is 0.293. The molecule has 0 aliphatic heterocycles. The molecule has 0 aliphatic rings. The lowest BCUT2D eigenvalue weighted by Crippen LogP contribution is -2.14. The number of hydrogen-bond donors (Lipinski definition) is 3. The average Bonchev–Trinajstić information content (AvgIpc) is 3.13. The number of carboxylic acids is 1. The third-order valence-electron chi connectivity index (χ3n) is 4.25. The summed E-state index contributed by atoms with van der Waals surface area (Å²) in [6, 6.07) is 9.27. The van der Waals surface area contributed by atoms with Crippen LogP contribution in [0.25, 0.3) is 10.2 Å². The largest absolute Gasteiger partial charge is 0.507 e. The van der Waals surface area contributed by atoms with Crippen molar-refractivity contribution in [2.75, 3.05) is 26.6 Å². The molecule has 154 valence electrons. The third-order valence-corrected chi connectivity index (χ3v) is 7.27. The van der Waals surface area contributed by atoms with E-state index in [0.717, 1.165) is 4.70 Å². The average molecular weight is 438 g/mol. The van der Waals surface area contributed by atoms with Crippen molar-refractivity contribution >= 4 is 40.3 Å². The molecule has 11 heteroatoms. The molecule has 29 heavy (non-hydrogen) atoms. The lowest BCUT2D eigenvalue weighted by molar-refractivity contribution is 0.0693. The first-order chi connectivity index (χ1) is 13.8. The Balaban J connectivity index is 2.06. The lowest BCUT2D eigenvalue weighted by atomic mass is 10.1. The molecule has 3 N–H and O–H groups in total. The highest BCUT2D eigenvalue weighted by Crippen LogP contribution is 2.60. The van der Waals surface area contributed by atoms with Gasteiger partial charge in [0.2, 0.25) is 0 Å². The number of aromatic nitrogens is 1. The van der Waals surface area contributed by atoms with Gasteiger partial charge in [-0.1, -0.05) is 17.4 Å². The van der Waals surface area contributed by atoms with Gasteiger partial charge in [0.25, 0.3) is 0 Å². The van der Waals surface area contributed by atoms with Crippen LogP contribution in [-0.4, -0.2) is 42.5 Å². The van der Waals surface area contributed by atoms with E-state index in [4.69, 9.17) is 13.8 Å². The summed E-state index contributed by atoms with van der Waals surface area (Å²) < 4.78 is 29.5. The Kier molecular flexibility index (Phi) is 6.09. The Morgan fingerprint density at radius 1 is 1.17 bits per heavy atom. The number of ether oxygens (including phenoxy) is 1.